The standard InChI is InChI=1S/C9H18N4O3S/c1-14-5-4-6-17-9-10-11-12-13(9)7-8(15-2)16-3/h8H,4-7H2,1-3H3. The minimum absolute atomic E-state index is 0.336. The van der Waals surface area contributed by atoms with Gasteiger partial charge >= 0.3 is 0 Å². The zero-order valence-corrected chi connectivity index (χ0v) is 11.1. The Morgan fingerprint density at radius 2 is 2.06 bits per heavy atom. The highest BCUT2D eigenvalue weighted by atomic mass is 32.2. The molecule has 0 unspecified atom stereocenters. The fraction of sp³-hybridized carbons (Fsp3) is 0.889. The van der Waals surface area contributed by atoms with Crippen LogP contribution in [0.3, 0.4) is 0 Å². The van der Waals surface area contributed by atoms with Crippen molar-refractivity contribution in [1.82, 2.24) is 20.2 Å². The molecule has 0 radical (unpaired) electrons. The monoisotopic (exact) mass is 262 g/mol. The van der Waals surface area contributed by atoms with Crippen LogP contribution in [-0.2, 0) is 20.8 Å². The van der Waals surface area contributed by atoms with E-state index < -0.39 is 0 Å². The molecule has 17 heavy (non-hydrogen) atoms. The number of nitrogens with zero attached hydrogens (tertiary/aromatic N) is 4. The Labute approximate surface area is 105 Å². The number of ether oxygens (including phenoxy) is 3. The molecule has 1 rings (SSSR count). The molecule has 0 spiro atoms. The zero-order chi connectivity index (χ0) is 12.5. The highest BCUT2D eigenvalue weighted by Crippen LogP contribution is 2.15. The third kappa shape index (κ3) is 4.99. The van der Waals surface area contributed by atoms with Crippen LogP contribution in [0.15, 0.2) is 5.16 Å². The summed E-state index contributed by atoms with van der Waals surface area (Å²) in [6, 6.07) is 0. The molecule has 0 amide bonds. The Morgan fingerprint density at radius 1 is 1.29 bits per heavy atom. The molecule has 0 N–H and O–H groups in total. The predicted octanol–water partition coefficient (Wildman–Crippen LogP) is 0.421. The van der Waals surface area contributed by atoms with Gasteiger partial charge in [0.15, 0.2) is 6.29 Å². The maximum atomic E-state index is 5.10. The maximum Gasteiger partial charge on any atom is 0.209 e. The van der Waals surface area contributed by atoms with E-state index in [0.29, 0.717) is 6.54 Å². The molecule has 8 heteroatoms. The number of tetrazole rings is 1. The topological polar surface area (TPSA) is 71.3 Å². The van der Waals surface area contributed by atoms with E-state index in [2.05, 4.69) is 15.5 Å². The van der Waals surface area contributed by atoms with Crippen molar-refractivity contribution in [3.8, 4) is 0 Å². The average Bonchev–Trinajstić information content (AvgIpc) is 2.79. The molecule has 1 aromatic rings. The summed E-state index contributed by atoms with van der Waals surface area (Å²) in [4.78, 5) is 0. The van der Waals surface area contributed by atoms with Crippen LogP contribution in [0.1, 0.15) is 6.42 Å². The first-order valence-corrected chi connectivity index (χ1v) is 6.23. The van der Waals surface area contributed by atoms with Gasteiger partial charge in [-0.1, -0.05) is 11.8 Å². The van der Waals surface area contributed by atoms with E-state index in [9.17, 15) is 0 Å². The number of thioether (sulfide) groups is 1. The number of methoxy groups -OCH3 is 3. The van der Waals surface area contributed by atoms with E-state index in [0.717, 1.165) is 23.9 Å². The lowest BCUT2D eigenvalue weighted by Gasteiger charge is -2.13. The highest BCUT2D eigenvalue weighted by molar-refractivity contribution is 7.99. The summed E-state index contributed by atoms with van der Waals surface area (Å²) in [6.07, 6.45) is 0.628. The van der Waals surface area contributed by atoms with E-state index in [1.165, 1.54) is 0 Å². The summed E-state index contributed by atoms with van der Waals surface area (Å²) >= 11 is 1.59. The molecule has 1 heterocycles. The second-order valence-electron chi connectivity index (χ2n) is 3.24. The number of aromatic nitrogens is 4. The fourth-order valence-electron chi connectivity index (χ4n) is 1.17. The van der Waals surface area contributed by atoms with E-state index in [-0.39, 0.29) is 6.29 Å². The largest absolute Gasteiger partial charge is 0.385 e. The van der Waals surface area contributed by atoms with Gasteiger partial charge in [0.05, 0.1) is 6.54 Å². The van der Waals surface area contributed by atoms with Gasteiger partial charge in [-0.15, -0.1) is 5.10 Å². The molecule has 7 nitrogen and oxygen atoms in total. The lowest BCUT2D eigenvalue weighted by molar-refractivity contribution is -0.113. The van der Waals surface area contributed by atoms with Crippen LogP contribution < -0.4 is 0 Å². The van der Waals surface area contributed by atoms with E-state index in [4.69, 9.17) is 14.2 Å². The summed E-state index contributed by atoms with van der Waals surface area (Å²) in [6.45, 7) is 1.22. The first-order valence-electron chi connectivity index (χ1n) is 5.25. The Morgan fingerprint density at radius 3 is 2.71 bits per heavy atom. The Kier molecular flexibility index (Phi) is 7.10. The quantitative estimate of drug-likeness (QED) is 0.363. The van der Waals surface area contributed by atoms with Crippen molar-refractivity contribution in [1.29, 1.82) is 0 Å². The first-order chi connectivity index (χ1) is 8.31. The minimum atomic E-state index is -0.336. The zero-order valence-electron chi connectivity index (χ0n) is 10.3. The van der Waals surface area contributed by atoms with Crippen molar-refractivity contribution in [3.63, 3.8) is 0 Å². The van der Waals surface area contributed by atoms with Gasteiger partial charge in [-0.05, 0) is 16.8 Å². The SMILES string of the molecule is COCCCSc1nnnn1CC(OC)OC. The molecule has 0 aliphatic heterocycles. The van der Waals surface area contributed by atoms with Crippen LogP contribution in [0, 0.1) is 0 Å². The number of hydrogen-bond acceptors (Lipinski definition) is 7. The Balaban J connectivity index is 2.42. The molecular formula is C9H18N4O3S. The van der Waals surface area contributed by atoms with Crippen LogP contribution in [-0.4, -0.2) is 60.2 Å². The summed E-state index contributed by atoms with van der Waals surface area (Å²) < 4.78 is 16.9. The van der Waals surface area contributed by atoms with Gasteiger partial charge in [-0.2, -0.15) is 0 Å². The van der Waals surface area contributed by atoms with Gasteiger partial charge in [-0.3, -0.25) is 0 Å². The van der Waals surface area contributed by atoms with Crippen LogP contribution >= 0.6 is 11.8 Å². The van der Waals surface area contributed by atoms with E-state index >= 15 is 0 Å². The van der Waals surface area contributed by atoms with Gasteiger partial charge in [0.2, 0.25) is 5.16 Å². The first kappa shape index (κ1) is 14.4. The van der Waals surface area contributed by atoms with E-state index in [1.54, 1.807) is 37.8 Å². The number of rotatable bonds is 9. The van der Waals surface area contributed by atoms with Crippen LogP contribution in [0.25, 0.3) is 0 Å². The van der Waals surface area contributed by atoms with Gasteiger partial charge in [0, 0.05) is 33.7 Å². The van der Waals surface area contributed by atoms with Gasteiger partial charge in [-0.25, -0.2) is 4.68 Å². The predicted molar refractivity (Wildman–Crippen MR) is 62.8 cm³/mol. The maximum absolute atomic E-state index is 5.10. The summed E-state index contributed by atoms with van der Waals surface area (Å²) in [5.74, 6) is 0.916. The molecule has 0 aliphatic carbocycles. The minimum Gasteiger partial charge on any atom is -0.385 e. The third-order valence-corrected chi connectivity index (χ3v) is 3.11. The van der Waals surface area contributed by atoms with Gasteiger partial charge < -0.3 is 14.2 Å². The van der Waals surface area contributed by atoms with Crippen molar-refractivity contribution in [2.24, 2.45) is 0 Å². The lowest BCUT2D eigenvalue weighted by Crippen LogP contribution is -2.22. The summed E-state index contributed by atoms with van der Waals surface area (Å²) in [7, 11) is 4.87. The summed E-state index contributed by atoms with van der Waals surface area (Å²) in [5.41, 5.74) is 0. The second kappa shape index (κ2) is 8.40. The highest BCUT2D eigenvalue weighted by Gasteiger charge is 2.12. The van der Waals surface area contributed by atoms with Crippen LogP contribution in [0.5, 0.6) is 0 Å². The van der Waals surface area contributed by atoms with E-state index in [1.807, 2.05) is 0 Å². The Hall–Kier alpha value is -0.700. The molecule has 98 valence electrons. The molecule has 0 saturated heterocycles. The summed E-state index contributed by atoms with van der Waals surface area (Å²) in [5, 5.41) is 12.2. The van der Waals surface area contributed by atoms with Crippen molar-refractivity contribution >= 4 is 11.8 Å². The van der Waals surface area contributed by atoms with Crippen LogP contribution in [0.4, 0.5) is 0 Å². The molecule has 0 saturated carbocycles. The fourth-order valence-corrected chi connectivity index (χ4v) is 1.97. The average molecular weight is 262 g/mol. The molecule has 0 atom stereocenters. The number of hydrogen-bond donors (Lipinski definition) is 0. The van der Waals surface area contributed by atoms with Gasteiger partial charge in [0.25, 0.3) is 0 Å². The van der Waals surface area contributed by atoms with Crippen molar-refractivity contribution < 1.29 is 14.2 Å². The lowest BCUT2D eigenvalue weighted by atomic mass is 10.5. The smallest absolute Gasteiger partial charge is 0.209 e. The third-order valence-electron chi connectivity index (χ3n) is 2.07. The normalized spacial score (nSPS) is 11.3. The van der Waals surface area contributed by atoms with Gasteiger partial charge in [0.1, 0.15) is 0 Å². The molecule has 1 aromatic heterocycles. The molecular weight excluding hydrogens is 244 g/mol. The van der Waals surface area contributed by atoms with Crippen molar-refractivity contribution in [2.45, 2.75) is 24.4 Å². The van der Waals surface area contributed by atoms with Crippen molar-refractivity contribution in [3.05, 3.63) is 0 Å². The second-order valence-corrected chi connectivity index (χ2v) is 4.30. The molecule has 0 aromatic carbocycles. The molecule has 0 fully saturated rings. The Bertz CT molecular complexity index is 306. The van der Waals surface area contributed by atoms with Crippen LogP contribution in [0.2, 0.25) is 0 Å². The van der Waals surface area contributed by atoms with Crippen molar-refractivity contribution in [2.75, 3.05) is 33.7 Å². The molecule has 0 bridgehead atoms. The molecule has 0 aliphatic rings.